The van der Waals surface area contributed by atoms with Crippen molar-refractivity contribution in [2.45, 2.75) is 355 Å². The molecule has 0 bridgehead atoms. The van der Waals surface area contributed by atoms with Gasteiger partial charge in [0.15, 0.2) is 12.2 Å². The van der Waals surface area contributed by atoms with Crippen LogP contribution in [0.3, 0.4) is 0 Å². The number of aliphatic hydroxyl groups excluding tert-OH is 1. The molecule has 19 heteroatoms. The van der Waals surface area contributed by atoms with E-state index >= 15 is 0 Å². The van der Waals surface area contributed by atoms with Crippen molar-refractivity contribution in [3.8, 4) is 0 Å². The fraction of sp³-hybridized carbons (Fsp3) is 0.940. The Kier molecular flexibility index (Phi) is 58.0. The lowest BCUT2D eigenvalue weighted by Crippen LogP contribution is -2.30. The number of carbonyl (C=O) groups is 4. The lowest BCUT2D eigenvalue weighted by Gasteiger charge is -2.21. The Morgan fingerprint density at radius 2 is 0.593 bits per heavy atom. The van der Waals surface area contributed by atoms with Crippen LogP contribution in [0.1, 0.15) is 337 Å². The summed E-state index contributed by atoms with van der Waals surface area (Å²) in [5.41, 5.74) is 0. The first-order valence-corrected chi connectivity index (χ1v) is 38.0. The quantitative estimate of drug-likeness (QED) is 0.0222. The molecule has 0 aliphatic rings. The van der Waals surface area contributed by atoms with Crippen LogP contribution in [-0.2, 0) is 65.4 Å². The summed E-state index contributed by atoms with van der Waals surface area (Å²) >= 11 is 0. The van der Waals surface area contributed by atoms with E-state index in [1.54, 1.807) is 0 Å². The van der Waals surface area contributed by atoms with E-state index in [9.17, 15) is 43.2 Å². The first-order valence-electron chi connectivity index (χ1n) is 35.0. The van der Waals surface area contributed by atoms with E-state index in [0.717, 1.165) is 115 Å². The first-order chi connectivity index (χ1) is 41.4. The summed E-state index contributed by atoms with van der Waals surface area (Å²) in [6, 6.07) is 0. The highest BCUT2D eigenvalue weighted by molar-refractivity contribution is 7.47. The van der Waals surface area contributed by atoms with Gasteiger partial charge in [-0.05, 0) is 37.5 Å². The van der Waals surface area contributed by atoms with E-state index in [2.05, 4.69) is 41.5 Å². The highest BCUT2D eigenvalue weighted by Gasteiger charge is 2.30. The summed E-state index contributed by atoms with van der Waals surface area (Å²) in [5, 5.41) is 10.5. The number of unbranched alkanes of at least 4 members (excludes halogenated alkanes) is 35. The average molecular weight is 1270 g/mol. The number of aliphatic hydroxyl groups is 1. The Morgan fingerprint density at radius 3 is 0.884 bits per heavy atom. The molecular formula is C67H130O17P2. The molecule has 0 spiro atoms. The Labute approximate surface area is 524 Å². The van der Waals surface area contributed by atoms with Gasteiger partial charge in [-0.2, -0.15) is 0 Å². The Hall–Kier alpha value is -1.94. The van der Waals surface area contributed by atoms with Gasteiger partial charge in [0.05, 0.1) is 26.4 Å². The molecule has 510 valence electrons. The summed E-state index contributed by atoms with van der Waals surface area (Å²) < 4.78 is 67.9. The van der Waals surface area contributed by atoms with Gasteiger partial charge in [-0.3, -0.25) is 37.3 Å². The second kappa shape index (κ2) is 59.4. The van der Waals surface area contributed by atoms with E-state index in [1.807, 2.05) is 0 Å². The molecule has 0 radical (unpaired) electrons. The fourth-order valence-electron chi connectivity index (χ4n) is 10.0. The second-order valence-electron chi connectivity index (χ2n) is 24.9. The van der Waals surface area contributed by atoms with Crippen molar-refractivity contribution < 1.29 is 80.2 Å². The fourth-order valence-corrected chi connectivity index (χ4v) is 11.6. The first kappa shape index (κ1) is 84.1. The number of rotatable bonds is 66. The van der Waals surface area contributed by atoms with Crippen LogP contribution in [0.15, 0.2) is 0 Å². The van der Waals surface area contributed by atoms with Crippen molar-refractivity contribution in [2.75, 3.05) is 39.6 Å². The lowest BCUT2D eigenvalue weighted by molar-refractivity contribution is -0.161. The van der Waals surface area contributed by atoms with Crippen molar-refractivity contribution in [3.63, 3.8) is 0 Å². The molecule has 0 saturated heterocycles. The van der Waals surface area contributed by atoms with Crippen LogP contribution in [0.25, 0.3) is 0 Å². The van der Waals surface area contributed by atoms with E-state index < -0.39 is 97.5 Å². The zero-order chi connectivity index (χ0) is 63.6. The summed E-state index contributed by atoms with van der Waals surface area (Å²) in [6.07, 6.45) is 43.5. The molecule has 3 unspecified atom stereocenters. The molecule has 6 atom stereocenters. The third-order valence-electron chi connectivity index (χ3n) is 15.8. The minimum Gasteiger partial charge on any atom is -0.462 e. The summed E-state index contributed by atoms with van der Waals surface area (Å²) in [7, 11) is -9.88. The summed E-state index contributed by atoms with van der Waals surface area (Å²) in [4.78, 5) is 72.0. The highest BCUT2D eigenvalue weighted by atomic mass is 31.2. The summed E-state index contributed by atoms with van der Waals surface area (Å²) in [5.74, 6) is -0.514. The largest absolute Gasteiger partial charge is 0.472 e. The normalized spacial score (nSPS) is 14.5. The topological polar surface area (TPSA) is 237 Å². The number of phosphoric acid groups is 2. The molecule has 0 aromatic carbocycles. The van der Waals surface area contributed by atoms with E-state index in [0.29, 0.717) is 25.7 Å². The molecule has 0 saturated carbocycles. The molecule has 0 aliphatic heterocycles. The van der Waals surface area contributed by atoms with Crippen LogP contribution in [0.4, 0.5) is 0 Å². The van der Waals surface area contributed by atoms with Gasteiger partial charge in [0.2, 0.25) is 0 Å². The molecule has 0 aliphatic carbocycles. The second-order valence-corrected chi connectivity index (χ2v) is 27.8. The van der Waals surface area contributed by atoms with Crippen LogP contribution < -0.4 is 0 Å². The Bertz CT molecular complexity index is 1690. The number of hydrogen-bond donors (Lipinski definition) is 3. The monoisotopic (exact) mass is 1270 g/mol. The molecule has 86 heavy (non-hydrogen) atoms. The standard InChI is InChI=1S/C67H130O17P2/c1-7-10-12-14-15-32-39-45-51-66(71)83-62(55-77-64(69)49-43-35-13-11-8-2)57-81-85(73,74)79-53-61(68)54-80-86(75,76)82-58-63(56-78-65(70)50-44-38-33-28-24-21-20-22-26-30-36-41-47-59(4)5)84-67(72)52-46-40-34-29-25-19-17-16-18-23-27-31-37-42-48-60(6)9-3/h59-63,68H,7-58H2,1-6H3,(H,73,74)(H,75,76)/t60?,61-,62+,63+/m0/s1. The third-order valence-corrected chi connectivity index (χ3v) is 17.7. The maximum Gasteiger partial charge on any atom is 0.472 e. The van der Waals surface area contributed by atoms with Crippen LogP contribution in [0.2, 0.25) is 0 Å². The predicted octanol–water partition coefficient (Wildman–Crippen LogP) is 18.8. The van der Waals surface area contributed by atoms with Gasteiger partial charge in [-0.15, -0.1) is 0 Å². The number of esters is 4. The zero-order valence-corrected chi connectivity index (χ0v) is 57.4. The van der Waals surface area contributed by atoms with E-state index in [-0.39, 0.29) is 25.7 Å². The van der Waals surface area contributed by atoms with Crippen molar-refractivity contribution in [1.82, 2.24) is 0 Å². The molecule has 0 heterocycles. The van der Waals surface area contributed by atoms with Gasteiger partial charge in [-0.25, -0.2) is 9.13 Å². The van der Waals surface area contributed by atoms with Gasteiger partial charge in [0.25, 0.3) is 0 Å². The van der Waals surface area contributed by atoms with Crippen LogP contribution in [0.5, 0.6) is 0 Å². The van der Waals surface area contributed by atoms with E-state index in [4.69, 9.17) is 37.0 Å². The number of hydrogen-bond acceptors (Lipinski definition) is 15. The van der Waals surface area contributed by atoms with Crippen LogP contribution >= 0.6 is 15.6 Å². The molecule has 0 aromatic heterocycles. The average Bonchev–Trinajstić information content (AvgIpc) is 3.64. The third kappa shape index (κ3) is 59.7. The highest BCUT2D eigenvalue weighted by Crippen LogP contribution is 2.45. The number of ether oxygens (including phenoxy) is 4. The van der Waals surface area contributed by atoms with Crippen molar-refractivity contribution in [2.24, 2.45) is 11.8 Å². The maximum atomic E-state index is 13.0. The van der Waals surface area contributed by atoms with Crippen molar-refractivity contribution >= 4 is 39.5 Å². The SMILES string of the molecule is CCCCCCCCCCC(=O)O[C@H](COC(=O)CCCCCCC)COP(=O)(O)OC[C@H](O)COP(=O)(O)OC[C@@H](COC(=O)CCCCCCCCCCCCCCC(C)C)OC(=O)CCCCCCCCCCCCCCCCC(C)CC. The zero-order valence-electron chi connectivity index (χ0n) is 55.6. The van der Waals surface area contributed by atoms with Gasteiger partial charge >= 0.3 is 39.5 Å². The Balaban J connectivity index is 5.14. The minimum atomic E-state index is -4.95. The number of carbonyl (C=O) groups excluding carboxylic acids is 4. The van der Waals surface area contributed by atoms with E-state index in [1.165, 1.54) is 141 Å². The van der Waals surface area contributed by atoms with Gasteiger partial charge in [0, 0.05) is 25.7 Å². The predicted molar refractivity (Wildman–Crippen MR) is 345 cm³/mol. The van der Waals surface area contributed by atoms with Crippen molar-refractivity contribution in [3.05, 3.63) is 0 Å². The van der Waals surface area contributed by atoms with Crippen molar-refractivity contribution in [1.29, 1.82) is 0 Å². The molecule has 17 nitrogen and oxygen atoms in total. The number of phosphoric ester groups is 2. The lowest BCUT2D eigenvalue weighted by atomic mass is 9.99. The summed E-state index contributed by atoms with van der Waals surface area (Å²) in [6.45, 7) is 9.47. The van der Waals surface area contributed by atoms with Crippen LogP contribution in [-0.4, -0.2) is 96.7 Å². The van der Waals surface area contributed by atoms with Crippen LogP contribution in [0, 0.1) is 11.8 Å². The molecule has 0 fully saturated rings. The molecule has 0 amide bonds. The van der Waals surface area contributed by atoms with Gasteiger partial charge < -0.3 is 33.8 Å². The van der Waals surface area contributed by atoms with Gasteiger partial charge in [-0.1, -0.05) is 286 Å². The molecule has 3 N–H and O–H groups in total. The maximum absolute atomic E-state index is 13.0. The Morgan fingerprint density at radius 1 is 0.337 bits per heavy atom. The van der Waals surface area contributed by atoms with Gasteiger partial charge in [0.1, 0.15) is 19.3 Å². The molecule has 0 aromatic rings. The molecular weight excluding hydrogens is 1140 g/mol. The smallest absolute Gasteiger partial charge is 0.462 e. The molecule has 0 rings (SSSR count). The minimum absolute atomic E-state index is 0.104.